The summed E-state index contributed by atoms with van der Waals surface area (Å²) in [5.41, 5.74) is 0. The molecule has 336 valence electrons. The molecule has 0 bridgehead atoms. The van der Waals surface area contributed by atoms with Gasteiger partial charge in [0.05, 0.1) is 13.2 Å². The van der Waals surface area contributed by atoms with Crippen LogP contribution in [0.5, 0.6) is 0 Å². The standard InChI is InChI=1S/C48H86NO8P/c1-4-6-8-10-12-14-16-18-20-22-23-25-27-29-31-33-35-37-39-41-48(51)57-46(45-56-58(52,53)55-43-42-49-3)44-54-47(50)40-38-36-34-32-30-28-26-24-21-19-17-15-13-11-9-7-5-2/h6,8,12,14,18,20,23,25,29,31,46,49H,4-5,7,9-11,13,15-17,19,21-22,24,26-28,30,32-45H2,1-3H3,(H,52,53)/b8-6-,14-12-,20-18-,25-23-,31-29-. The van der Waals surface area contributed by atoms with E-state index in [1.165, 1.54) is 89.9 Å². The monoisotopic (exact) mass is 836 g/mol. The van der Waals surface area contributed by atoms with Gasteiger partial charge in [-0.2, -0.15) is 0 Å². The molecule has 0 aliphatic rings. The van der Waals surface area contributed by atoms with Gasteiger partial charge in [-0.05, 0) is 64.8 Å². The van der Waals surface area contributed by atoms with Crippen LogP contribution in [0.2, 0.25) is 0 Å². The normalized spacial score (nSPS) is 13.8. The van der Waals surface area contributed by atoms with E-state index in [4.69, 9.17) is 18.5 Å². The zero-order valence-corrected chi connectivity index (χ0v) is 38.1. The summed E-state index contributed by atoms with van der Waals surface area (Å²) in [4.78, 5) is 35.1. The predicted octanol–water partition coefficient (Wildman–Crippen LogP) is 13.5. The molecule has 0 saturated heterocycles. The van der Waals surface area contributed by atoms with Crippen molar-refractivity contribution >= 4 is 19.8 Å². The fourth-order valence-electron chi connectivity index (χ4n) is 6.17. The molecular formula is C48H86NO8P. The van der Waals surface area contributed by atoms with Gasteiger partial charge in [0, 0.05) is 19.4 Å². The molecule has 2 atom stereocenters. The molecule has 0 radical (unpaired) electrons. The predicted molar refractivity (Wildman–Crippen MR) is 243 cm³/mol. The quantitative estimate of drug-likeness (QED) is 0.0268. The molecule has 0 aromatic carbocycles. The molecular weight excluding hydrogens is 750 g/mol. The zero-order valence-electron chi connectivity index (χ0n) is 37.2. The van der Waals surface area contributed by atoms with E-state index in [1.807, 2.05) is 0 Å². The number of hydrogen-bond donors (Lipinski definition) is 2. The third-order valence-corrected chi connectivity index (χ3v) is 10.6. The zero-order chi connectivity index (χ0) is 42.5. The van der Waals surface area contributed by atoms with Crippen LogP contribution in [0.3, 0.4) is 0 Å². The number of likely N-dealkylation sites (N-methyl/N-ethyl adjacent to an activating group) is 1. The van der Waals surface area contributed by atoms with Gasteiger partial charge in [0.15, 0.2) is 6.10 Å². The molecule has 0 fully saturated rings. The Bertz CT molecular complexity index is 1130. The molecule has 2 unspecified atom stereocenters. The molecule has 0 aliphatic heterocycles. The molecule has 58 heavy (non-hydrogen) atoms. The first kappa shape index (κ1) is 55.7. The minimum atomic E-state index is -4.36. The van der Waals surface area contributed by atoms with E-state index in [0.717, 1.165) is 70.6 Å². The van der Waals surface area contributed by atoms with Crippen molar-refractivity contribution in [1.82, 2.24) is 5.32 Å². The van der Waals surface area contributed by atoms with E-state index in [-0.39, 0.29) is 32.0 Å². The molecule has 0 spiro atoms. The number of esters is 2. The lowest BCUT2D eigenvalue weighted by Crippen LogP contribution is -2.29. The summed E-state index contributed by atoms with van der Waals surface area (Å²) < 4.78 is 33.2. The molecule has 0 saturated carbocycles. The lowest BCUT2D eigenvalue weighted by Gasteiger charge is -2.20. The van der Waals surface area contributed by atoms with Crippen molar-refractivity contribution in [2.24, 2.45) is 0 Å². The highest BCUT2D eigenvalue weighted by Gasteiger charge is 2.26. The van der Waals surface area contributed by atoms with Crippen molar-refractivity contribution in [2.45, 2.75) is 200 Å². The lowest BCUT2D eigenvalue weighted by atomic mass is 10.0. The molecule has 2 N–H and O–H groups in total. The largest absolute Gasteiger partial charge is 0.472 e. The van der Waals surface area contributed by atoms with Crippen LogP contribution in [0.1, 0.15) is 194 Å². The lowest BCUT2D eigenvalue weighted by molar-refractivity contribution is -0.161. The number of phosphoric ester groups is 1. The summed E-state index contributed by atoms with van der Waals surface area (Å²) in [5.74, 6) is -0.842. The van der Waals surface area contributed by atoms with Crippen LogP contribution in [-0.2, 0) is 32.7 Å². The molecule has 10 heteroatoms. The number of allylic oxidation sites excluding steroid dienone is 10. The second-order valence-corrected chi connectivity index (χ2v) is 16.7. The minimum absolute atomic E-state index is 0.0251. The minimum Gasteiger partial charge on any atom is -0.462 e. The fraction of sp³-hybridized carbons (Fsp3) is 0.750. The third kappa shape index (κ3) is 43.3. The maximum absolute atomic E-state index is 12.6. The van der Waals surface area contributed by atoms with Crippen LogP contribution >= 0.6 is 7.82 Å². The van der Waals surface area contributed by atoms with E-state index in [9.17, 15) is 19.0 Å². The van der Waals surface area contributed by atoms with E-state index in [0.29, 0.717) is 13.0 Å². The van der Waals surface area contributed by atoms with Gasteiger partial charge in [-0.15, -0.1) is 0 Å². The van der Waals surface area contributed by atoms with Crippen LogP contribution in [-0.4, -0.2) is 56.3 Å². The van der Waals surface area contributed by atoms with Gasteiger partial charge in [0.25, 0.3) is 0 Å². The van der Waals surface area contributed by atoms with E-state index < -0.39 is 26.5 Å². The smallest absolute Gasteiger partial charge is 0.462 e. The van der Waals surface area contributed by atoms with Crippen LogP contribution in [0, 0.1) is 0 Å². The second-order valence-electron chi connectivity index (χ2n) is 15.2. The van der Waals surface area contributed by atoms with Gasteiger partial charge in [-0.3, -0.25) is 18.6 Å². The number of nitrogens with one attached hydrogen (secondary N) is 1. The number of hydrogen-bond acceptors (Lipinski definition) is 8. The number of ether oxygens (including phenoxy) is 2. The van der Waals surface area contributed by atoms with Crippen LogP contribution in [0.4, 0.5) is 0 Å². The maximum Gasteiger partial charge on any atom is 0.472 e. The Hall–Kier alpha value is -2.29. The van der Waals surface area contributed by atoms with E-state index in [1.54, 1.807) is 7.05 Å². The van der Waals surface area contributed by atoms with E-state index >= 15 is 0 Å². The highest BCUT2D eigenvalue weighted by atomic mass is 31.2. The van der Waals surface area contributed by atoms with Crippen molar-refractivity contribution in [3.63, 3.8) is 0 Å². The van der Waals surface area contributed by atoms with Crippen LogP contribution in [0.15, 0.2) is 60.8 Å². The first-order chi connectivity index (χ1) is 28.3. The number of carbonyl (C=O) groups excluding carboxylic acids is 2. The highest BCUT2D eigenvalue weighted by molar-refractivity contribution is 7.47. The van der Waals surface area contributed by atoms with Gasteiger partial charge in [-0.1, -0.05) is 184 Å². The number of phosphoric acid groups is 1. The van der Waals surface area contributed by atoms with Crippen molar-refractivity contribution in [2.75, 3.05) is 33.4 Å². The fourth-order valence-corrected chi connectivity index (χ4v) is 6.92. The van der Waals surface area contributed by atoms with Crippen LogP contribution < -0.4 is 5.32 Å². The second kappa shape index (κ2) is 44.3. The SMILES string of the molecule is CC/C=C\C/C=C\C/C=C\C/C=C\C/C=C\CCCCCC(=O)OC(COC(=O)CCCCCCCCCCCCCCCCCCC)COP(=O)(O)OCCNC. The average Bonchev–Trinajstić information content (AvgIpc) is 3.21. The maximum atomic E-state index is 12.6. The molecule has 0 aromatic rings. The Morgan fingerprint density at radius 2 is 0.983 bits per heavy atom. The summed E-state index contributed by atoms with van der Waals surface area (Å²) >= 11 is 0. The molecule has 0 aromatic heterocycles. The summed E-state index contributed by atoms with van der Waals surface area (Å²) in [5, 5.41) is 2.82. The van der Waals surface area contributed by atoms with Crippen molar-refractivity contribution in [1.29, 1.82) is 0 Å². The average molecular weight is 836 g/mol. The summed E-state index contributed by atoms with van der Waals surface area (Å²) in [6, 6.07) is 0. The Morgan fingerprint density at radius 3 is 1.47 bits per heavy atom. The molecule has 9 nitrogen and oxygen atoms in total. The Kier molecular flexibility index (Phi) is 42.5. The summed E-state index contributed by atoms with van der Waals surface area (Å²) in [6.45, 7) is 4.08. The van der Waals surface area contributed by atoms with E-state index in [2.05, 4.69) is 79.9 Å². The van der Waals surface area contributed by atoms with Crippen molar-refractivity contribution in [3.8, 4) is 0 Å². The first-order valence-corrected chi connectivity index (χ1v) is 24.7. The highest BCUT2D eigenvalue weighted by Crippen LogP contribution is 2.43. The molecule has 0 rings (SSSR count). The van der Waals surface area contributed by atoms with Gasteiger partial charge in [0.1, 0.15) is 6.61 Å². The number of rotatable bonds is 43. The summed E-state index contributed by atoms with van der Waals surface area (Å²) in [7, 11) is -2.67. The number of unbranched alkanes of at least 4 members (excludes halogenated alkanes) is 19. The third-order valence-electron chi connectivity index (χ3n) is 9.65. The molecule has 0 amide bonds. The van der Waals surface area contributed by atoms with Gasteiger partial charge in [-0.25, -0.2) is 4.57 Å². The topological polar surface area (TPSA) is 120 Å². The number of carbonyl (C=O) groups is 2. The van der Waals surface area contributed by atoms with Crippen molar-refractivity contribution in [3.05, 3.63) is 60.8 Å². The van der Waals surface area contributed by atoms with Gasteiger partial charge < -0.3 is 19.7 Å². The van der Waals surface area contributed by atoms with Crippen molar-refractivity contribution < 1.29 is 37.6 Å². The Balaban J connectivity index is 4.24. The summed E-state index contributed by atoms with van der Waals surface area (Å²) in [6.07, 6.45) is 51.2. The van der Waals surface area contributed by atoms with Crippen LogP contribution in [0.25, 0.3) is 0 Å². The Labute approximate surface area is 355 Å². The molecule has 0 aliphatic carbocycles. The van der Waals surface area contributed by atoms with Gasteiger partial charge >= 0.3 is 19.8 Å². The Morgan fingerprint density at radius 1 is 0.552 bits per heavy atom. The van der Waals surface area contributed by atoms with Gasteiger partial charge in [0.2, 0.25) is 0 Å². The first-order valence-electron chi connectivity index (χ1n) is 23.2. The molecule has 0 heterocycles.